The van der Waals surface area contributed by atoms with Crippen molar-refractivity contribution < 1.29 is 4.39 Å². The average molecular weight is 385 g/mol. The molecule has 0 saturated carbocycles. The van der Waals surface area contributed by atoms with Gasteiger partial charge in [-0.15, -0.1) is 0 Å². The summed E-state index contributed by atoms with van der Waals surface area (Å²) in [6.07, 6.45) is 0. The van der Waals surface area contributed by atoms with Crippen LogP contribution >= 0.6 is 0 Å². The number of H-pyrrole nitrogens is 1. The molecule has 4 aromatic rings. The molecule has 5 heteroatoms. The van der Waals surface area contributed by atoms with Gasteiger partial charge in [0.25, 0.3) is 5.56 Å². The Balaban J connectivity index is 1.79. The minimum absolute atomic E-state index is 0.215. The molecule has 0 radical (unpaired) electrons. The van der Waals surface area contributed by atoms with E-state index >= 15 is 0 Å². The van der Waals surface area contributed by atoms with Gasteiger partial charge in [-0.05, 0) is 49.7 Å². The summed E-state index contributed by atoms with van der Waals surface area (Å²) < 4.78 is 14.6. The molecule has 0 fully saturated rings. The molecule has 144 valence electrons. The number of aliphatic imine (C=N–C) groups is 1. The van der Waals surface area contributed by atoms with Crippen molar-refractivity contribution in [1.82, 2.24) is 9.78 Å². The van der Waals surface area contributed by atoms with Crippen molar-refractivity contribution in [2.24, 2.45) is 4.99 Å². The number of hydrogen-bond donors (Lipinski definition) is 1. The zero-order chi connectivity index (χ0) is 20.4. The highest BCUT2D eigenvalue weighted by Gasteiger charge is 2.16. The van der Waals surface area contributed by atoms with Crippen LogP contribution in [0.25, 0.3) is 16.8 Å². The number of nitrogens with one attached hydrogen (secondary N) is 1. The van der Waals surface area contributed by atoms with Gasteiger partial charge in [-0.25, -0.2) is 9.07 Å². The summed E-state index contributed by atoms with van der Waals surface area (Å²) in [5.74, 6) is -0.347. The third-order valence-electron chi connectivity index (χ3n) is 4.80. The Kier molecular flexibility index (Phi) is 4.96. The lowest BCUT2D eigenvalue weighted by molar-refractivity contribution is 0.627. The lowest BCUT2D eigenvalue weighted by atomic mass is 10.0. The van der Waals surface area contributed by atoms with E-state index in [1.54, 1.807) is 12.1 Å². The number of aromatic nitrogens is 2. The van der Waals surface area contributed by atoms with E-state index in [1.165, 1.54) is 16.8 Å². The van der Waals surface area contributed by atoms with Gasteiger partial charge in [0.2, 0.25) is 0 Å². The third kappa shape index (κ3) is 3.67. The Morgan fingerprint density at radius 1 is 0.931 bits per heavy atom. The van der Waals surface area contributed by atoms with Crippen molar-refractivity contribution in [2.45, 2.75) is 13.8 Å². The fourth-order valence-electron chi connectivity index (χ4n) is 3.41. The van der Waals surface area contributed by atoms with Crippen LogP contribution in [-0.2, 0) is 0 Å². The van der Waals surface area contributed by atoms with Gasteiger partial charge in [0.05, 0.1) is 22.6 Å². The molecule has 29 heavy (non-hydrogen) atoms. The van der Waals surface area contributed by atoms with E-state index in [-0.39, 0.29) is 11.4 Å². The van der Waals surface area contributed by atoms with E-state index < -0.39 is 0 Å². The maximum absolute atomic E-state index is 13.2. The summed E-state index contributed by atoms with van der Waals surface area (Å²) in [4.78, 5) is 17.8. The Labute approximate surface area is 168 Å². The molecule has 1 aromatic heterocycles. The van der Waals surface area contributed by atoms with Crippen LogP contribution < -0.4 is 5.56 Å². The molecule has 0 amide bonds. The van der Waals surface area contributed by atoms with Crippen LogP contribution in [0.1, 0.15) is 18.2 Å². The first-order valence-electron chi connectivity index (χ1n) is 9.32. The largest absolute Gasteiger partial charge is 0.295 e. The molecular weight excluding hydrogens is 365 g/mol. The lowest BCUT2D eigenvalue weighted by Gasteiger charge is -2.07. The number of para-hydroxylation sites is 1. The summed E-state index contributed by atoms with van der Waals surface area (Å²) in [7, 11) is 0. The predicted molar refractivity (Wildman–Crippen MR) is 115 cm³/mol. The molecule has 1 heterocycles. The lowest BCUT2D eigenvalue weighted by Crippen LogP contribution is -2.19. The Morgan fingerprint density at radius 3 is 2.31 bits per heavy atom. The molecule has 4 rings (SSSR count). The van der Waals surface area contributed by atoms with Gasteiger partial charge in [-0.1, -0.05) is 48.5 Å². The van der Waals surface area contributed by atoms with Crippen LogP contribution in [0, 0.1) is 12.7 Å². The van der Waals surface area contributed by atoms with Crippen LogP contribution in [0.3, 0.4) is 0 Å². The second-order valence-electron chi connectivity index (χ2n) is 6.81. The summed E-state index contributed by atoms with van der Waals surface area (Å²) in [5.41, 5.74) is 5.05. The molecule has 0 bridgehead atoms. The van der Waals surface area contributed by atoms with Gasteiger partial charge in [0.15, 0.2) is 0 Å². The molecule has 4 nitrogen and oxygen atoms in total. The van der Waals surface area contributed by atoms with Gasteiger partial charge in [0.1, 0.15) is 5.82 Å². The summed E-state index contributed by atoms with van der Waals surface area (Å²) >= 11 is 0. The van der Waals surface area contributed by atoms with Crippen molar-refractivity contribution >= 4 is 11.4 Å². The van der Waals surface area contributed by atoms with Crippen LogP contribution in [0.5, 0.6) is 0 Å². The highest BCUT2D eigenvalue weighted by Crippen LogP contribution is 2.30. The van der Waals surface area contributed by atoms with Crippen molar-refractivity contribution in [1.29, 1.82) is 0 Å². The molecular formula is C24H20FN3O. The molecule has 3 aromatic carbocycles. The second kappa shape index (κ2) is 7.72. The Hall–Kier alpha value is -3.73. The zero-order valence-corrected chi connectivity index (χ0v) is 16.2. The second-order valence-corrected chi connectivity index (χ2v) is 6.81. The number of rotatable bonds is 4. The smallest absolute Gasteiger partial charge is 0.280 e. The quantitative estimate of drug-likeness (QED) is 0.469. The summed E-state index contributed by atoms with van der Waals surface area (Å²) in [6.45, 7) is 3.66. The molecule has 0 aliphatic carbocycles. The molecule has 1 N–H and O–H groups in total. The molecule has 0 unspecified atom stereocenters. The summed E-state index contributed by atoms with van der Waals surface area (Å²) in [5, 5.41) is 3.06. The molecule has 0 aliphatic rings. The van der Waals surface area contributed by atoms with Crippen molar-refractivity contribution in [3.05, 3.63) is 106 Å². The number of halogens is 1. The first-order valence-corrected chi connectivity index (χ1v) is 9.32. The number of benzene rings is 3. The van der Waals surface area contributed by atoms with Crippen LogP contribution in [0.2, 0.25) is 0 Å². The predicted octanol–water partition coefficient (Wildman–Crippen LogP) is 5.42. The first-order chi connectivity index (χ1) is 14.0. The zero-order valence-electron chi connectivity index (χ0n) is 16.2. The Morgan fingerprint density at radius 2 is 1.59 bits per heavy atom. The molecule has 0 atom stereocenters. The van der Waals surface area contributed by atoms with Crippen molar-refractivity contribution in [2.75, 3.05) is 0 Å². The van der Waals surface area contributed by atoms with E-state index in [9.17, 15) is 9.18 Å². The fourth-order valence-corrected chi connectivity index (χ4v) is 3.41. The summed E-state index contributed by atoms with van der Waals surface area (Å²) in [6, 6.07) is 23.7. The van der Waals surface area contributed by atoms with E-state index in [4.69, 9.17) is 4.99 Å². The molecule has 0 saturated heterocycles. The van der Waals surface area contributed by atoms with E-state index in [0.29, 0.717) is 22.7 Å². The first kappa shape index (κ1) is 18.6. The minimum Gasteiger partial charge on any atom is -0.295 e. The SMILES string of the molecule is CC(=Nc1ccccc1-c1ccccc1)c1c(C)[nH]n(-c2ccc(F)cc2)c1=O. The highest BCUT2D eigenvalue weighted by atomic mass is 19.1. The standard InChI is InChI=1S/C24H20FN3O/c1-16(26-22-11-7-6-10-21(22)18-8-4-3-5-9-18)23-17(2)27-28(24(23)29)20-14-12-19(25)13-15-20/h3-15,27H,1-2H3. The monoisotopic (exact) mass is 385 g/mol. The number of hydrogen-bond acceptors (Lipinski definition) is 2. The van der Waals surface area contributed by atoms with Gasteiger partial charge in [-0.3, -0.25) is 14.9 Å². The average Bonchev–Trinajstić information content (AvgIpc) is 3.03. The van der Waals surface area contributed by atoms with E-state index in [2.05, 4.69) is 5.10 Å². The van der Waals surface area contributed by atoms with E-state index in [1.807, 2.05) is 68.4 Å². The third-order valence-corrected chi connectivity index (χ3v) is 4.80. The molecule has 0 spiro atoms. The van der Waals surface area contributed by atoms with Crippen molar-refractivity contribution in [3.63, 3.8) is 0 Å². The Bertz CT molecular complexity index is 1240. The number of aromatic amines is 1. The number of aryl methyl sites for hydroxylation is 1. The van der Waals surface area contributed by atoms with Gasteiger partial charge >= 0.3 is 0 Å². The van der Waals surface area contributed by atoms with Crippen molar-refractivity contribution in [3.8, 4) is 16.8 Å². The van der Waals surface area contributed by atoms with Gasteiger partial charge in [0, 0.05) is 11.3 Å². The topological polar surface area (TPSA) is 50.1 Å². The van der Waals surface area contributed by atoms with Crippen LogP contribution in [0.15, 0.2) is 88.6 Å². The van der Waals surface area contributed by atoms with E-state index in [0.717, 1.165) is 16.8 Å². The normalized spacial score (nSPS) is 11.6. The highest BCUT2D eigenvalue weighted by molar-refractivity contribution is 6.01. The number of nitrogens with zero attached hydrogens (tertiary/aromatic N) is 2. The minimum atomic E-state index is -0.347. The maximum Gasteiger partial charge on any atom is 0.280 e. The molecule has 0 aliphatic heterocycles. The fraction of sp³-hybridized carbons (Fsp3) is 0.0833. The van der Waals surface area contributed by atoms with Crippen LogP contribution in [0.4, 0.5) is 10.1 Å². The van der Waals surface area contributed by atoms with Gasteiger partial charge in [-0.2, -0.15) is 0 Å². The van der Waals surface area contributed by atoms with Gasteiger partial charge < -0.3 is 0 Å². The maximum atomic E-state index is 13.2. The van der Waals surface area contributed by atoms with Crippen LogP contribution in [-0.4, -0.2) is 15.5 Å².